The SMILES string of the molecule is Oc1ccc2ccc(COc3ccccc3)cc2c1Br. The Morgan fingerprint density at radius 1 is 0.950 bits per heavy atom. The van der Waals surface area contributed by atoms with Crippen molar-refractivity contribution in [3.8, 4) is 11.5 Å². The van der Waals surface area contributed by atoms with E-state index >= 15 is 0 Å². The van der Waals surface area contributed by atoms with E-state index in [1.54, 1.807) is 6.07 Å². The third-order valence-electron chi connectivity index (χ3n) is 3.15. The highest BCUT2D eigenvalue weighted by atomic mass is 79.9. The van der Waals surface area contributed by atoms with E-state index in [9.17, 15) is 5.11 Å². The lowest BCUT2D eigenvalue weighted by atomic mass is 10.1. The zero-order valence-corrected chi connectivity index (χ0v) is 12.3. The Morgan fingerprint density at radius 3 is 2.50 bits per heavy atom. The van der Waals surface area contributed by atoms with Crippen molar-refractivity contribution < 1.29 is 9.84 Å². The first-order valence-electron chi connectivity index (χ1n) is 6.32. The van der Waals surface area contributed by atoms with Gasteiger partial charge in [-0.3, -0.25) is 0 Å². The van der Waals surface area contributed by atoms with Gasteiger partial charge in [0, 0.05) is 5.39 Å². The summed E-state index contributed by atoms with van der Waals surface area (Å²) >= 11 is 3.42. The van der Waals surface area contributed by atoms with Crippen LogP contribution in [0.4, 0.5) is 0 Å². The van der Waals surface area contributed by atoms with E-state index in [-0.39, 0.29) is 5.75 Å². The van der Waals surface area contributed by atoms with Gasteiger partial charge in [0.2, 0.25) is 0 Å². The number of halogens is 1. The van der Waals surface area contributed by atoms with Crippen LogP contribution < -0.4 is 4.74 Å². The van der Waals surface area contributed by atoms with Gasteiger partial charge in [-0.15, -0.1) is 0 Å². The number of phenolic OH excluding ortho intramolecular Hbond substituents is 1. The van der Waals surface area contributed by atoms with Crippen LogP contribution in [0.2, 0.25) is 0 Å². The van der Waals surface area contributed by atoms with Crippen molar-refractivity contribution in [3.63, 3.8) is 0 Å². The van der Waals surface area contributed by atoms with Crippen molar-refractivity contribution in [2.24, 2.45) is 0 Å². The Kier molecular flexibility index (Phi) is 3.61. The summed E-state index contributed by atoms with van der Waals surface area (Å²) in [6.07, 6.45) is 0. The second-order valence-corrected chi connectivity index (χ2v) is 5.35. The van der Waals surface area contributed by atoms with Gasteiger partial charge in [-0.25, -0.2) is 0 Å². The largest absolute Gasteiger partial charge is 0.507 e. The quantitative estimate of drug-likeness (QED) is 0.741. The van der Waals surface area contributed by atoms with Gasteiger partial charge >= 0.3 is 0 Å². The molecule has 20 heavy (non-hydrogen) atoms. The number of ether oxygens (including phenoxy) is 1. The molecule has 3 rings (SSSR count). The maximum Gasteiger partial charge on any atom is 0.130 e. The Balaban J connectivity index is 1.87. The Bertz CT molecular complexity index is 739. The van der Waals surface area contributed by atoms with E-state index in [1.807, 2.05) is 54.6 Å². The molecule has 100 valence electrons. The van der Waals surface area contributed by atoms with E-state index in [4.69, 9.17) is 4.74 Å². The number of rotatable bonds is 3. The topological polar surface area (TPSA) is 29.5 Å². The minimum Gasteiger partial charge on any atom is -0.507 e. The van der Waals surface area contributed by atoms with Crippen molar-refractivity contribution in [2.45, 2.75) is 6.61 Å². The fourth-order valence-electron chi connectivity index (χ4n) is 2.09. The minimum absolute atomic E-state index is 0.249. The maximum absolute atomic E-state index is 9.74. The van der Waals surface area contributed by atoms with Crippen LogP contribution in [-0.4, -0.2) is 5.11 Å². The lowest BCUT2D eigenvalue weighted by Crippen LogP contribution is -1.95. The Labute approximate surface area is 125 Å². The number of phenols is 1. The van der Waals surface area contributed by atoms with Gasteiger partial charge in [-0.05, 0) is 51.1 Å². The molecule has 0 saturated heterocycles. The average molecular weight is 329 g/mol. The molecule has 0 heterocycles. The van der Waals surface area contributed by atoms with Crippen molar-refractivity contribution in [3.05, 3.63) is 70.7 Å². The van der Waals surface area contributed by atoms with Gasteiger partial charge in [-0.1, -0.05) is 36.4 Å². The predicted molar refractivity (Wildman–Crippen MR) is 84.1 cm³/mol. The number of hydrogen-bond donors (Lipinski definition) is 1. The summed E-state index contributed by atoms with van der Waals surface area (Å²) in [5, 5.41) is 11.8. The van der Waals surface area contributed by atoms with Crippen LogP contribution in [0.25, 0.3) is 10.8 Å². The van der Waals surface area contributed by atoms with Crippen LogP contribution in [0.15, 0.2) is 65.1 Å². The van der Waals surface area contributed by atoms with Gasteiger partial charge in [0.25, 0.3) is 0 Å². The molecule has 0 bridgehead atoms. The van der Waals surface area contributed by atoms with Gasteiger partial charge in [0.05, 0.1) is 4.47 Å². The van der Waals surface area contributed by atoms with Gasteiger partial charge < -0.3 is 9.84 Å². The minimum atomic E-state index is 0.249. The molecule has 0 radical (unpaired) electrons. The first kappa shape index (κ1) is 13.0. The molecule has 0 atom stereocenters. The van der Waals surface area contributed by atoms with Crippen LogP contribution in [0.1, 0.15) is 5.56 Å². The number of para-hydroxylation sites is 1. The molecule has 3 aromatic carbocycles. The Morgan fingerprint density at radius 2 is 1.70 bits per heavy atom. The zero-order chi connectivity index (χ0) is 13.9. The summed E-state index contributed by atoms with van der Waals surface area (Å²) < 4.78 is 6.45. The molecule has 0 aliphatic heterocycles. The molecule has 0 fully saturated rings. The molecule has 0 aliphatic carbocycles. The van der Waals surface area contributed by atoms with E-state index in [1.165, 1.54) is 0 Å². The summed E-state index contributed by atoms with van der Waals surface area (Å²) in [5.74, 6) is 1.10. The molecule has 0 amide bonds. The summed E-state index contributed by atoms with van der Waals surface area (Å²) in [6, 6.07) is 19.4. The number of aromatic hydroxyl groups is 1. The van der Waals surface area contributed by atoms with Crippen molar-refractivity contribution in [2.75, 3.05) is 0 Å². The molecule has 3 aromatic rings. The van der Waals surface area contributed by atoms with Gasteiger partial charge in [0.15, 0.2) is 0 Å². The van der Waals surface area contributed by atoms with Gasteiger partial charge in [0.1, 0.15) is 18.1 Å². The smallest absolute Gasteiger partial charge is 0.130 e. The second kappa shape index (κ2) is 5.55. The third kappa shape index (κ3) is 2.63. The Hall–Kier alpha value is -2.00. The molecule has 1 N–H and O–H groups in total. The van der Waals surface area contributed by atoms with Crippen molar-refractivity contribution in [1.29, 1.82) is 0 Å². The standard InChI is InChI=1S/C17H13BrO2/c18-17-15-10-12(6-7-13(15)8-9-16(17)19)11-20-14-4-2-1-3-5-14/h1-10,19H,11H2. The van der Waals surface area contributed by atoms with Crippen LogP contribution in [0.3, 0.4) is 0 Å². The highest BCUT2D eigenvalue weighted by Gasteiger charge is 2.05. The number of hydrogen-bond acceptors (Lipinski definition) is 2. The predicted octanol–water partition coefficient (Wildman–Crippen LogP) is 4.89. The lowest BCUT2D eigenvalue weighted by molar-refractivity contribution is 0.306. The van der Waals surface area contributed by atoms with E-state index in [0.717, 1.165) is 26.6 Å². The molecule has 0 unspecified atom stereocenters. The van der Waals surface area contributed by atoms with Crippen LogP contribution in [-0.2, 0) is 6.61 Å². The lowest BCUT2D eigenvalue weighted by Gasteiger charge is -2.08. The zero-order valence-electron chi connectivity index (χ0n) is 10.7. The van der Waals surface area contributed by atoms with Gasteiger partial charge in [-0.2, -0.15) is 0 Å². The van der Waals surface area contributed by atoms with E-state index in [0.29, 0.717) is 6.61 Å². The second-order valence-electron chi connectivity index (χ2n) is 4.56. The molecule has 0 aliphatic rings. The van der Waals surface area contributed by atoms with Crippen molar-refractivity contribution in [1.82, 2.24) is 0 Å². The van der Waals surface area contributed by atoms with Crippen LogP contribution in [0, 0.1) is 0 Å². The fraction of sp³-hybridized carbons (Fsp3) is 0.0588. The first-order chi connectivity index (χ1) is 9.74. The van der Waals surface area contributed by atoms with Crippen LogP contribution in [0.5, 0.6) is 11.5 Å². The molecule has 0 aromatic heterocycles. The van der Waals surface area contributed by atoms with Crippen molar-refractivity contribution >= 4 is 26.7 Å². The fourth-order valence-corrected chi connectivity index (χ4v) is 2.57. The molecule has 3 heteroatoms. The average Bonchev–Trinajstić information content (AvgIpc) is 2.50. The summed E-state index contributed by atoms with van der Waals surface area (Å²) in [4.78, 5) is 0. The highest BCUT2D eigenvalue weighted by molar-refractivity contribution is 9.10. The van der Waals surface area contributed by atoms with E-state index in [2.05, 4.69) is 15.9 Å². The highest BCUT2D eigenvalue weighted by Crippen LogP contribution is 2.32. The molecular formula is C17H13BrO2. The summed E-state index contributed by atoms with van der Waals surface area (Å²) in [6.45, 7) is 0.502. The number of benzene rings is 3. The monoisotopic (exact) mass is 328 g/mol. The molecular weight excluding hydrogens is 316 g/mol. The van der Waals surface area contributed by atoms with E-state index < -0.39 is 0 Å². The molecule has 2 nitrogen and oxygen atoms in total. The first-order valence-corrected chi connectivity index (χ1v) is 7.11. The summed E-state index contributed by atoms with van der Waals surface area (Å²) in [5.41, 5.74) is 1.06. The number of fused-ring (bicyclic) bond motifs is 1. The summed E-state index contributed by atoms with van der Waals surface area (Å²) in [7, 11) is 0. The molecule has 0 spiro atoms. The normalized spacial score (nSPS) is 10.7. The van der Waals surface area contributed by atoms with Crippen LogP contribution >= 0.6 is 15.9 Å². The maximum atomic E-state index is 9.74. The third-order valence-corrected chi connectivity index (χ3v) is 3.98. The molecule has 0 saturated carbocycles.